The monoisotopic (exact) mass is 412 g/mol. The number of hydrogen-bond donors (Lipinski definition) is 0. The second kappa shape index (κ2) is 8.95. The van der Waals surface area contributed by atoms with E-state index >= 15 is 0 Å². The number of esters is 1. The number of aromatic nitrogens is 1. The molecule has 0 atom stereocenters. The maximum Gasteiger partial charge on any atom is 0.331 e. The van der Waals surface area contributed by atoms with Crippen LogP contribution < -0.4 is 4.90 Å². The molecule has 0 aliphatic heterocycles. The van der Waals surface area contributed by atoms with E-state index < -0.39 is 5.97 Å². The van der Waals surface area contributed by atoms with Gasteiger partial charge in [0.1, 0.15) is 6.61 Å². The van der Waals surface area contributed by atoms with Gasteiger partial charge in [-0.1, -0.05) is 6.07 Å². The molecule has 0 saturated heterocycles. The van der Waals surface area contributed by atoms with Gasteiger partial charge in [-0.15, -0.1) is 11.3 Å². The summed E-state index contributed by atoms with van der Waals surface area (Å²) < 4.78 is 5.24. The van der Waals surface area contributed by atoms with Crippen LogP contribution in [-0.4, -0.2) is 16.9 Å². The van der Waals surface area contributed by atoms with Crippen LogP contribution in [0.2, 0.25) is 0 Å². The van der Waals surface area contributed by atoms with Crippen LogP contribution in [0.25, 0.3) is 6.08 Å². The number of thiazole rings is 1. The zero-order valence-electron chi connectivity index (χ0n) is 15.8. The van der Waals surface area contributed by atoms with Gasteiger partial charge in [0.25, 0.3) is 0 Å². The lowest BCUT2D eigenvalue weighted by atomic mass is 10.1. The number of anilines is 2. The zero-order valence-corrected chi connectivity index (χ0v) is 17.5. The minimum Gasteiger partial charge on any atom is -0.456 e. The van der Waals surface area contributed by atoms with Crippen molar-refractivity contribution in [1.82, 2.24) is 4.98 Å². The van der Waals surface area contributed by atoms with Gasteiger partial charge in [0.05, 0.1) is 11.4 Å². The molecule has 7 heteroatoms. The summed E-state index contributed by atoms with van der Waals surface area (Å²) in [6.45, 7) is 5.60. The number of thiophene rings is 1. The van der Waals surface area contributed by atoms with Crippen molar-refractivity contribution in [3.05, 3.63) is 68.9 Å². The lowest BCUT2D eigenvalue weighted by Crippen LogP contribution is -2.22. The first-order chi connectivity index (χ1) is 13.4. The molecule has 2 aromatic heterocycles. The first kappa shape index (κ1) is 20.0. The lowest BCUT2D eigenvalue weighted by Gasteiger charge is -2.19. The maximum absolute atomic E-state index is 12.2. The molecular weight excluding hydrogens is 392 g/mol. The Morgan fingerprint density at radius 3 is 2.68 bits per heavy atom. The van der Waals surface area contributed by atoms with Crippen molar-refractivity contribution in [2.75, 3.05) is 4.90 Å². The van der Waals surface area contributed by atoms with Gasteiger partial charge >= 0.3 is 5.97 Å². The van der Waals surface area contributed by atoms with Gasteiger partial charge < -0.3 is 4.74 Å². The molecule has 0 aliphatic carbocycles. The highest BCUT2D eigenvalue weighted by Crippen LogP contribution is 2.30. The summed E-state index contributed by atoms with van der Waals surface area (Å²) in [5.74, 6) is -0.557. The maximum atomic E-state index is 12.2. The number of hydrogen-bond acceptors (Lipinski definition) is 6. The van der Waals surface area contributed by atoms with E-state index in [2.05, 4.69) is 4.98 Å². The number of benzene rings is 1. The highest BCUT2D eigenvalue weighted by Gasteiger charge is 2.18. The molecule has 0 spiro atoms. The number of rotatable bonds is 6. The highest BCUT2D eigenvalue weighted by molar-refractivity contribution is 7.14. The normalized spacial score (nSPS) is 11.0. The fraction of sp³-hybridized carbons (Fsp3) is 0.190. The summed E-state index contributed by atoms with van der Waals surface area (Å²) in [5, 5.41) is 6.23. The second-order valence-corrected chi connectivity index (χ2v) is 7.86. The fourth-order valence-corrected chi connectivity index (χ4v) is 3.98. The number of carbonyl (C=O) groups excluding carboxylic acids is 2. The second-order valence-electron chi connectivity index (χ2n) is 6.24. The summed E-state index contributed by atoms with van der Waals surface area (Å²) >= 11 is 2.90. The third kappa shape index (κ3) is 4.94. The molecule has 1 aromatic carbocycles. The van der Waals surface area contributed by atoms with Gasteiger partial charge in [0.2, 0.25) is 5.91 Å². The van der Waals surface area contributed by atoms with E-state index in [1.54, 1.807) is 27.7 Å². The molecule has 0 saturated carbocycles. The molecule has 0 aliphatic rings. The molecule has 28 heavy (non-hydrogen) atoms. The number of nitrogens with zero attached hydrogens (tertiary/aromatic N) is 2. The first-order valence-electron chi connectivity index (χ1n) is 8.63. The third-order valence-corrected chi connectivity index (χ3v) is 5.69. The average molecular weight is 413 g/mol. The molecule has 0 unspecified atom stereocenters. The van der Waals surface area contributed by atoms with Crippen molar-refractivity contribution < 1.29 is 14.3 Å². The van der Waals surface area contributed by atoms with Gasteiger partial charge in [-0.25, -0.2) is 9.78 Å². The summed E-state index contributed by atoms with van der Waals surface area (Å²) in [6.07, 6.45) is 3.11. The molecule has 0 fully saturated rings. The van der Waals surface area contributed by atoms with Crippen LogP contribution in [0, 0.1) is 13.8 Å². The number of aryl methyl sites for hydroxylation is 2. The minimum absolute atomic E-state index is 0.0575. The highest BCUT2D eigenvalue weighted by atomic mass is 32.1. The van der Waals surface area contributed by atoms with Gasteiger partial charge in [-0.2, -0.15) is 11.3 Å². The number of carbonyl (C=O) groups is 2. The summed E-state index contributed by atoms with van der Waals surface area (Å²) in [5.41, 5.74) is 4.60. The van der Waals surface area contributed by atoms with E-state index in [0.717, 1.165) is 22.4 Å². The van der Waals surface area contributed by atoms with E-state index in [0.29, 0.717) is 10.8 Å². The van der Waals surface area contributed by atoms with Crippen molar-refractivity contribution in [3.8, 4) is 0 Å². The molecule has 5 nitrogen and oxygen atoms in total. The minimum atomic E-state index is -0.432. The Balaban J connectivity index is 1.68. The molecule has 3 rings (SSSR count). The van der Waals surface area contributed by atoms with Crippen molar-refractivity contribution in [1.29, 1.82) is 0 Å². The molecule has 2 heterocycles. The number of ether oxygens (including phenoxy) is 1. The van der Waals surface area contributed by atoms with Crippen LogP contribution in [0.3, 0.4) is 0 Å². The zero-order chi connectivity index (χ0) is 20.1. The summed E-state index contributed by atoms with van der Waals surface area (Å²) in [6, 6.07) is 7.77. The Labute approximate surface area is 171 Å². The van der Waals surface area contributed by atoms with E-state index in [1.165, 1.54) is 24.3 Å². The van der Waals surface area contributed by atoms with E-state index in [1.807, 2.05) is 48.9 Å². The Morgan fingerprint density at radius 2 is 2.00 bits per heavy atom. The van der Waals surface area contributed by atoms with Crippen LogP contribution in [0.4, 0.5) is 10.8 Å². The topological polar surface area (TPSA) is 59.5 Å². The molecule has 3 aromatic rings. The molecule has 0 radical (unpaired) electrons. The smallest absolute Gasteiger partial charge is 0.331 e. The van der Waals surface area contributed by atoms with Crippen molar-refractivity contribution in [3.63, 3.8) is 0 Å². The van der Waals surface area contributed by atoms with Crippen LogP contribution in [0.1, 0.15) is 29.3 Å². The van der Waals surface area contributed by atoms with E-state index in [-0.39, 0.29) is 12.5 Å². The fourth-order valence-electron chi connectivity index (χ4n) is 2.48. The predicted octanol–water partition coefficient (Wildman–Crippen LogP) is 5.26. The van der Waals surface area contributed by atoms with Crippen molar-refractivity contribution in [2.45, 2.75) is 27.4 Å². The molecular formula is C21H20N2O3S2. The van der Waals surface area contributed by atoms with Crippen LogP contribution in [-0.2, 0) is 20.9 Å². The average Bonchev–Trinajstić information content (AvgIpc) is 3.33. The predicted molar refractivity (Wildman–Crippen MR) is 114 cm³/mol. The van der Waals surface area contributed by atoms with Gasteiger partial charge in [-0.3, -0.25) is 9.69 Å². The Morgan fingerprint density at radius 1 is 1.18 bits per heavy atom. The Bertz CT molecular complexity index is 1010. The van der Waals surface area contributed by atoms with Crippen molar-refractivity contribution >= 4 is 51.4 Å². The Hall–Kier alpha value is -2.77. The van der Waals surface area contributed by atoms with Crippen molar-refractivity contribution in [2.24, 2.45) is 0 Å². The molecule has 144 valence electrons. The summed E-state index contributed by atoms with van der Waals surface area (Å²) in [7, 11) is 0. The first-order valence-corrected chi connectivity index (χ1v) is 10.5. The van der Waals surface area contributed by atoms with Crippen LogP contribution in [0.15, 0.2) is 46.5 Å². The number of amides is 1. The summed E-state index contributed by atoms with van der Waals surface area (Å²) in [4.78, 5) is 30.1. The Kier molecular flexibility index (Phi) is 6.38. The molecule has 0 N–H and O–H groups in total. The van der Waals surface area contributed by atoms with E-state index in [4.69, 9.17) is 4.74 Å². The standard InChI is InChI=1S/C21H20N2O3S2/c1-14-4-6-19(10-15(14)2)23(16(3)24)21-22-18(13-28-21)11-26-20(25)7-5-17-8-9-27-12-17/h4-10,12-13H,11H2,1-3H3/b7-5+. The SMILES string of the molecule is CC(=O)N(c1ccc(C)c(C)c1)c1nc(COC(=O)/C=C/c2ccsc2)cs1. The van der Waals surface area contributed by atoms with E-state index in [9.17, 15) is 9.59 Å². The largest absolute Gasteiger partial charge is 0.456 e. The van der Waals surface area contributed by atoms with Crippen LogP contribution >= 0.6 is 22.7 Å². The molecule has 1 amide bonds. The third-order valence-electron chi connectivity index (χ3n) is 4.11. The van der Waals surface area contributed by atoms with Crippen LogP contribution in [0.5, 0.6) is 0 Å². The quantitative estimate of drug-likeness (QED) is 0.409. The molecule has 0 bridgehead atoms. The lowest BCUT2D eigenvalue weighted by molar-refractivity contribution is -0.139. The van der Waals surface area contributed by atoms with Gasteiger partial charge in [0, 0.05) is 18.4 Å². The van der Waals surface area contributed by atoms with Gasteiger partial charge in [-0.05, 0) is 65.6 Å². The van der Waals surface area contributed by atoms with Gasteiger partial charge in [0.15, 0.2) is 5.13 Å².